The molecule has 1 aliphatic rings. The van der Waals surface area contributed by atoms with E-state index in [1.807, 2.05) is 12.1 Å². The molecule has 1 aliphatic heterocycles. The van der Waals surface area contributed by atoms with Crippen molar-refractivity contribution in [2.45, 2.75) is 19.4 Å². The molecule has 1 heterocycles. The van der Waals surface area contributed by atoms with E-state index in [1.54, 1.807) is 0 Å². The van der Waals surface area contributed by atoms with Gasteiger partial charge in [0.15, 0.2) is 0 Å². The Morgan fingerprint density at radius 1 is 1.29 bits per heavy atom. The molecule has 1 aromatic carbocycles. The predicted molar refractivity (Wildman–Crippen MR) is 70.7 cm³/mol. The first-order valence-electron chi connectivity index (χ1n) is 5.95. The summed E-state index contributed by atoms with van der Waals surface area (Å²) in [6.07, 6.45) is 2.47. The molecule has 0 bridgehead atoms. The summed E-state index contributed by atoms with van der Waals surface area (Å²) < 4.78 is 12.8. The summed E-state index contributed by atoms with van der Waals surface area (Å²) in [5.74, 6) is 0.469. The Hall–Kier alpha value is -0.640. The summed E-state index contributed by atoms with van der Waals surface area (Å²) in [7, 11) is 0. The first kappa shape index (κ1) is 14.4. The van der Waals surface area contributed by atoms with Crippen LogP contribution in [0.5, 0.6) is 0 Å². The third-order valence-electron chi connectivity index (χ3n) is 3.26. The molecule has 17 heavy (non-hydrogen) atoms. The van der Waals surface area contributed by atoms with Gasteiger partial charge in [-0.2, -0.15) is 0 Å². The molecule has 0 radical (unpaired) electrons. The normalized spacial score (nSPS) is 20.9. The Balaban J connectivity index is 0.00000144. The molecule has 1 atom stereocenters. The molecule has 0 saturated carbocycles. The predicted octanol–water partition coefficient (Wildman–Crippen LogP) is 2.42. The number of benzene rings is 1. The standard InChI is InChI=1S/C13H19FN2.ClH/c14-13-5-3-11(4-6-13)9-16-7-1-2-12(8-15)10-16;/h3-6,12H,1-2,7-10,15H2;1H. The highest BCUT2D eigenvalue weighted by Gasteiger charge is 2.18. The molecule has 0 amide bonds. The van der Waals surface area contributed by atoms with E-state index >= 15 is 0 Å². The van der Waals surface area contributed by atoms with Crippen LogP contribution >= 0.6 is 12.4 Å². The zero-order valence-corrected chi connectivity index (χ0v) is 10.8. The zero-order valence-electron chi connectivity index (χ0n) is 9.94. The van der Waals surface area contributed by atoms with Crippen molar-refractivity contribution < 1.29 is 4.39 Å². The first-order chi connectivity index (χ1) is 7.78. The van der Waals surface area contributed by atoms with Gasteiger partial charge in [0.05, 0.1) is 0 Å². The maximum absolute atomic E-state index is 12.8. The molecule has 1 fully saturated rings. The molecule has 4 heteroatoms. The molecule has 0 aliphatic carbocycles. The molecule has 0 spiro atoms. The van der Waals surface area contributed by atoms with E-state index < -0.39 is 0 Å². The quantitative estimate of drug-likeness (QED) is 0.902. The van der Waals surface area contributed by atoms with Crippen LogP contribution in [0.15, 0.2) is 24.3 Å². The molecule has 1 unspecified atom stereocenters. The number of nitrogens with zero attached hydrogens (tertiary/aromatic N) is 1. The lowest BCUT2D eigenvalue weighted by atomic mass is 9.98. The Labute approximate surface area is 108 Å². The van der Waals surface area contributed by atoms with Crippen molar-refractivity contribution in [2.24, 2.45) is 11.7 Å². The molecule has 96 valence electrons. The van der Waals surface area contributed by atoms with Gasteiger partial charge in [0, 0.05) is 13.1 Å². The summed E-state index contributed by atoms with van der Waals surface area (Å²) in [6, 6.07) is 6.78. The van der Waals surface area contributed by atoms with Crippen molar-refractivity contribution in [1.82, 2.24) is 4.90 Å². The van der Waals surface area contributed by atoms with Crippen LogP contribution in [0, 0.1) is 11.7 Å². The number of rotatable bonds is 3. The Morgan fingerprint density at radius 3 is 2.65 bits per heavy atom. The van der Waals surface area contributed by atoms with E-state index in [0.29, 0.717) is 5.92 Å². The number of hydrogen-bond acceptors (Lipinski definition) is 2. The van der Waals surface area contributed by atoms with E-state index in [-0.39, 0.29) is 18.2 Å². The second-order valence-electron chi connectivity index (χ2n) is 4.61. The zero-order chi connectivity index (χ0) is 11.4. The van der Waals surface area contributed by atoms with Crippen LogP contribution in [0.4, 0.5) is 4.39 Å². The topological polar surface area (TPSA) is 29.3 Å². The van der Waals surface area contributed by atoms with Gasteiger partial charge in [0.1, 0.15) is 5.82 Å². The fourth-order valence-corrected chi connectivity index (χ4v) is 2.34. The van der Waals surface area contributed by atoms with Gasteiger partial charge in [-0.1, -0.05) is 12.1 Å². The maximum Gasteiger partial charge on any atom is 0.123 e. The molecular formula is C13H20ClFN2. The second kappa shape index (κ2) is 6.94. The van der Waals surface area contributed by atoms with Crippen LogP contribution in [0.1, 0.15) is 18.4 Å². The Kier molecular flexibility index (Phi) is 5.89. The van der Waals surface area contributed by atoms with Crippen molar-refractivity contribution in [2.75, 3.05) is 19.6 Å². The van der Waals surface area contributed by atoms with E-state index in [2.05, 4.69) is 4.90 Å². The van der Waals surface area contributed by atoms with Crippen molar-refractivity contribution in [3.63, 3.8) is 0 Å². The summed E-state index contributed by atoms with van der Waals surface area (Å²) in [4.78, 5) is 2.41. The minimum atomic E-state index is -0.165. The van der Waals surface area contributed by atoms with Crippen molar-refractivity contribution >= 4 is 12.4 Å². The first-order valence-corrected chi connectivity index (χ1v) is 5.95. The SMILES string of the molecule is Cl.NCC1CCCN(Cc2ccc(F)cc2)C1. The average Bonchev–Trinajstić information content (AvgIpc) is 2.32. The van der Waals surface area contributed by atoms with Crippen molar-refractivity contribution in [3.05, 3.63) is 35.6 Å². The summed E-state index contributed by atoms with van der Waals surface area (Å²) in [5, 5.41) is 0. The highest BCUT2D eigenvalue weighted by molar-refractivity contribution is 5.85. The van der Waals surface area contributed by atoms with Gasteiger partial charge in [-0.15, -0.1) is 12.4 Å². The smallest absolute Gasteiger partial charge is 0.123 e. The minimum absolute atomic E-state index is 0. The third kappa shape index (κ3) is 4.26. The summed E-state index contributed by atoms with van der Waals surface area (Å²) in [5.41, 5.74) is 6.88. The Morgan fingerprint density at radius 2 is 2.00 bits per heavy atom. The molecule has 1 saturated heterocycles. The second-order valence-corrected chi connectivity index (χ2v) is 4.61. The van der Waals surface area contributed by atoms with Crippen LogP contribution in [-0.4, -0.2) is 24.5 Å². The number of hydrogen-bond donors (Lipinski definition) is 1. The highest BCUT2D eigenvalue weighted by Crippen LogP contribution is 2.17. The van der Waals surface area contributed by atoms with Crippen LogP contribution in [0.25, 0.3) is 0 Å². The average molecular weight is 259 g/mol. The summed E-state index contributed by atoms with van der Waals surface area (Å²) in [6.45, 7) is 3.90. The summed E-state index contributed by atoms with van der Waals surface area (Å²) >= 11 is 0. The Bertz CT molecular complexity index is 329. The van der Waals surface area contributed by atoms with Gasteiger partial charge in [0.2, 0.25) is 0 Å². The van der Waals surface area contributed by atoms with Gasteiger partial charge < -0.3 is 5.73 Å². The largest absolute Gasteiger partial charge is 0.330 e. The lowest BCUT2D eigenvalue weighted by Gasteiger charge is -2.32. The number of likely N-dealkylation sites (tertiary alicyclic amines) is 1. The van der Waals surface area contributed by atoms with Crippen LogP contribution in [0.2, 0.25) is 0 Å². The van der Waals surface area contributed by atoms with E-state index in [0.717, 1.165) is 26.2 Å². The van der Waals surface area contributed by atoms with Crippen molar-refractivity contribution in [1.29, 1.82) is 0 Å². The van der Waals surface area contributed by atoms with E-state index in [4.69, 9.17) is 5.73 Å². The van der Waals surface area contributed by atoms with Gasteiger partial charge >= 0.3 is 0 Å². The van der Waals surface area contributed by atoms with E-state index in [1.165, 1.54) is 30.5 Å². The fraction of sp³-hybridized carbons (Fsp3) is 0.538. The molecular weight excluding hydrogens is 239 g/mol. The number of piperidine rings is 1. The third-order valence-corrected chi connectivity index (χ3v) is 3.26. The lowest BCUT2D eigenvalue weighted by molar-refractivity contribution is 0.171. The van der Waals surface area contributed by atoms with Crippen LogP contribution in [-0.2, 0) is 6.54 Å². The lowest BCUT2D eigenvalue weighted by Crippen LogP contribution is -2.37. The fourth-order valence-electron chi connectivity index (χ4n) is 2.34. The molecule has 2 nitrogen and oxygen atoms in total. The molecule has 2 N–H and O–H groups in total. The monoisotopic (exact) mass is 258 g/mol. The van der Waals surface area contributed by atoms with Gasteiger partial charge in [-0.25, -0.2) is 4.39 Å². The molecule has 1 aromatic rings. The van der Waals surface area contributed by atoms with Crippen molar-refractivity contribution in [3.8, 4) is 0 Å². The van der Waals surface area contributed by atoms with Crippen LogP contribution < -0.4 is 5.73 Å². The van der Waals surface area contributed by atoms with E-state index in [9.17, 15) is 4.39 Å². The molecule has 2 rings (SSSR count). The van der Waals surface area contributed by atoms with Gasteiger partial charge in [0.25, 0.3) is 0 Å². The number of halogens is 2. The number of nitrogens with two attached hydrogens (primary N) is 1. The van der Waals surface area contributed by atoms with Crippen LogP contribution in [0.3, 0.4) is 0 Å². The highest BCUT2D eigenvalue weighted by atomic mass is 35.5. The minimum Gasteiger partial charge on any atom is -0.330 e. The van der Waals surface area contributed by atoms with Gasteiger partial charge in [-0.3, -0.25) is 4.90 Å². The molecule has 0 aromatic heterocycles. The van der Waals surface area contributed by atoms with Gasteiger partial charge in [-0.05, 0) is 49.5 Å². The maximum atomic E-state index is 12.8.